The van der Waals surface area contributed by atoms with Crippen molar-refractivity contribution in [2.24, 2.45) is 5.92 Å². The number of nitrogens with one attached hydrogen (secondary N) is 1. The summed E-state index contributed by atoms with van der Waals surface area (Å²) in [5, 5.41) is 2.76. The first-order valence-corrected chi connectivity index (χ1v) is 11.3. The van der Waals surface area contributed by atoms with Crippen molar-refractivity contribution >= 4 is 21.7 Å². The van der Waals surface area contributed by atoms with Gasteiger partial charge in [-0.25, -0.2) is 8.42 Å². The number of carbonyl (C=O) groups is 2. The van der Waals surface area contributed by atoms with Crippen molar-refractivity contribution in [3.05, 3.63) is 29.3 Å². The summed E-state index contributed by atoms with van der Waals surface area (Å²) >= 11 is 0. The van der Waals surface area contributed by atoms with E-state index in [0.29, 0.717) is 12.8 Å². The lowest BCUT2D eigenvalue weighted by atomic mass is 10.1. The third kappa shape index (κ3) is 4.40. The molecular weight excluding hydrogens is 378 g/mol. The third-order valence-corrected chi connectivity index (χ3v) is 8.29. The van der Waals surface area contributed by atoms with E-state index in [-0.39, 0.29) is 29.7 Å². The van der Waals surface area contributed by atoms with Crippen LogP contribution in [0, 0.1) is 19.8 Å². The Hall–Kier alpha value is -1.89. The number of hydrogen-bond donors (Lipinski definition) is 1. The minimum absolute atomic E-state index is 0.0640. The normalized spacial score (nSPS) is 17.4. The van der Waals surface area contributed by atoms with Crippen LogP contribution in [0.15, 0.2) is 23.1 Å². The molecule has 1 amide bonds. The van der Waals surface area contributed by atoms with Gasteiger partial charge in [0.15, 0.2) is 21.2 Å². The molecule has 1 N–H and O–H groups in total. The summed E-state index contributed by atoms with van der Waals surface area (Å²) in [5.41, 5.74) is 1.84. The molecule has 0 bridgehead atoms. The maximum absolute atomic E-state index is 13.4. The fraction of sp³-hybridized carbons (Fsp3) is 0.619. The summed E-state index contributed by atoms with van der Waals surface area (Å²) in [6, 6.07) is 4.83. The largest absolute Gasteiger partial charge is 0.454 e. The first-order valence-electron chi connectivity index (χ1n) is 9.80. The number of sulfone groups is 1. The lowest BCUT2D eigenvalue weighted by Gasteiger charge is -2.27. The first-order chi connectivity index (χ1) is 13.0. The van der Waals surface area contributed by atoms with Crippen LogP contribution in [0.25, 0.3) is 0 Å². The van der Waals surface area contributed by atoms with E-state index in [0.717, 1.165) is 11.1 Å². The molecule has 0 radical (unpaired) electrons. The zero-order valence-corrected chi connectivity index (χ0v) is 18.2. The average molecular weight is 410 g/mol. The lowest BCUT2D eigenvalue weighted by molar-refractivity contribution is -0.151. The third-order valence-electron chi connectivity index (χ3n) is 5.81. The van der Waals surface area contributed by atoms with Crippen LogP contribution in [0.3, 0.4) is 0 Å². The number of rotatable bonds is 7. The number of benzene rings is 1. The van der Waals surface area contributed by atoms with Crippen LogP contribution in [-0.2, 0) is 24.2 Å². The molecule has 1 unspecified atom stereocenters. The standard InChI is InChI=1S/C21H31NO5S/c1-14(2)17(5)22-19(23)13-27-20(24)21(10-6-7-11-21)28(25,26)18-9-8-15(3)16(4)12-18/h8-9,12,14,17H,6-7,10-11,13H2,1-5H3,(H,22,23). The van der Waals surface area contributed by atoms with E-state index < -0.39 is 33.1 Å². The predicted octanol–water partition coefficient (Wildman–Crippen LogP) is 3.09. The molecular formula is C21H31NO5S. The number of amides is 1. The van der Waals surface area contributed by atoms with Gasteiger partial charge in [-0.15, -0.1) is 0 Å². The molecule has 7 heteroatoms. The minimum atomic E-state index is -3.93. The Kier molecular flexibility index (Phi) is 6.91. The Balaban J connectivity index is 2.21. The molecule has 0 aliphatic heterocycles. The van der Waals surface area contributed by atoms with Crippen molar-refractivity contribution in [2.75, 3.05) is 6.61 Å². The average Bonchev–Trinajstić information content (AvgIpc) is 3.13. The van der Waals surface area contributed by atoms with Crippen LogP contribution >= 0.6 is 0 Å². The SMILES string of the molecule is Cc1ccc(S(=O)(=O)C2(C(=O)OCC(=O)NC(C)C(C)C)CCCC2)cc1C. The summed E-state index contributed by atoms with van der Waals surface area (Å²) in [7, 11) is -3.93. The van der Waals surface area contributed by atoms with Gasteiger partial charge >= 0.3 is 5.97 Å². The molecule has 0 spiro atoms. The molecule has 1 saturated carbocycles. The van der Waals surface area contributed by atoms with Gasteiger partial charge in [-0.3, -0.25) is 9.59 Å². The quantitative estimate of drug-likeness (QED) is 0.699. The highest BCUT2D eigenvalue weighted by Gasteiger charge is 2.54. The van der Waals surface area contributed by atoms with E-state index in [1.165, 1.54) is 0 Å². The summed E-state index contributed by atoms with van der Waals surface area (Å²) in [6.07, 6.45) is 1.70. The number of aryl methyl sites for hydroxylation is 2. The molecule has 28 heavy (non-hydrogen) atoms. The van der Waals surface area contributed by atoms with Crippen molar-refractivity contribution in [3.63, 3.8) is 0 Å². The highest BCUT2D eigenvalue weighted by molar-refractivity contribution is 7.93. The van der Waals surface area contributed by atoms with Gasteiger partial charge in [0, 0.05) is 6.04 Å². The van der Waals surface area contributed by atoms with Gasteiger partial charge in [0.2, 0.25) is 0 Å². The van der Waals surface area contributed by atoms with Gasteiger partial charge < -0.3 is 10.1 Å². The highest BCUT2D eigenvalue weighted by Crippen LogP contribution is 2.41. The van der Waals surface area contributed by atoms with Gasteiger partial charge in [0.05, 0.1) is 4.90 Å². The molecule has 0 heterocycles. The summed E-state index contributed by atoms with van der Waals surface area (Å²) < 4.78 is 30.3. The van der Waals surface area contributed by atoms with Crippen LogP contribution in [0.1, 0.15) is 57.6 Å². The zero-order chi connectivity index (χ0) is 21.1. The van der Waals surface area contributed by atoms with Gasteiger partial charge in [0.25, 0.3) is 5.91 Å². The molecule has 0 aromatic heterocycles. The van der Waals surface area contributed by atoms with Gasteiger partial charge in [-0.1, -0.05) is 32.8 Å². The van der Waals surface area contributed by atoms with Crippen molar-refractivity contribution in [1.82, 2.24) is 5.32 Å². The minimum Gasteiger partial charge on any atom is -0.454 e. The highest BCUT2D eigenvalue weighted by atomic mass is 32.2. The maximum atomic E-state index is 13.4. The molecule has 1 aliphatic rings. The van der Waals surface area contributed by atoms with E-state index in [2.05, 4.69) is 5.32 Å². The summed E-state index contributed by atoms with van der Waals surface area (Å²) in [4.78, 5) is 25.1. The lowest BCUT2D eigenvalue weighted by Crippen LogP contribution is -2.47. The van der Waals surface area contributed by atoms with E-state index >= 15 is 0 Å². The second kappa shape index (κ2) is 8.64. The number of carbonyl (C=O) groups excluding carboxylic acids is 2. The number of ether oxygens (including phenoxy) is 1. The molecule has 6 nitrogen and oxygen atoms in total. The Bertz CT molecular complexity index is 838. The Morgan fingerprint density at radius 3 is 2.25 bits per heavy atom. The van der Waals surface area contributed by atoms with Gasteiger partial charge in [0.1, 0.15) is 0 Å². The first kappa shape index (κ1) is 22.4. The van der Waals surface area contributed by atoms with E-state index in [9.17, 15) is 18.0 Å². The molecule has 1 aliphatic carbocycles. The van der Waals surface area contributed by atoms with Crippen LogP contribution in [0.4, 0.5) is 0 Å². The second-order valence-corrected chi connectivity index (χ2v) is 10.4. The van der Waals surface area contributed by atoms with E-state index in [1.54, 1.807) is 18.2 Å². The maximum Gasteiger partial charge on any atom is 0.328 e. The zero-order valence-electron chi connectivity index (χ0n) is 17.4. The van der Waals surface area contributed by atoms with E-state index in [1.807, 2.05) is 34.6 Å². The monoisotopic (exact) mass is 409 g/mol. The van der Waals surface area contributed by atoms with Crippen molar-refractivity contribution in [2.45, 2.75) is 76.0 Å². The van der Waals surface area contributed by atoms with Crippen molar-refractivity contribution < 1.29 is 22.7 Å². The topological polar surface area (TPSA) is 89.5 Å². The van der Waals surface area contributed by atoms with Crippen molar-refractivity contribution in [1.29, 1.82) is 0 Å². The van der Waals surface area contributed by atoms with E-state index in [4.69, 9.17) is 4.74 Å². The molecule has 1 fully saturated rings. The smallest absolute Gasteiger partial charge is 0.328 e. The Labute approximate surface area is 168 Å². The summed E-state index contributed by atoms with van der Waals surface area (Å²) in [5.74, 6) is -1.01. The van der Waals surface area contributed by atoms with Crippen LogP contribution in [0.2, 0.25) is 0 Å². The van der Waals surface area contributed by atoms with Gasteiger partial charge in [-0.05, 0) is 62.8 Å². The molecule has 1 atom stereocenters. The Morgan fingerprint density at radius 1 is 1.11 bits per heavy atom. The molecule has 2 rings (SSSR count). The van der Waals surface area contributed by atoms with Crippen LogP contribution in [-0.4, -0.2) is 37.7 Å². The van der Waals surface area contributed by atoms with Crippen LogP contribution < -0.4 is 5.32 Å². The molecule has 1 aromatic carbocycles. The number of hydrogen-bond acceptors (Lipinski definition) is 5. The van der Waals surface area contributed by atoms with Crippen LogP contribution in [0.5, 0.6) is 0 Å². The van der Waals surface area contributed by atoms with Crippen molar-refractivity contribution in [3.8, 4) is 0 Å². The second-order valence-electron chi connectivity index (χ2n) is 8.13. The summed E-state index contributed by atoms with van der Waals surface area (Å²) in [6.45, 7) is 9.09. The Morgan fingerprint density at radius 2 is 1.71 bits per heavy atom. The fourth-order valence-electron chi connectivity index (χ4n) is 3.36. The molecule has 0 saturated heterocycles. The predicted molar refractivity (Wildman–Crippen MR) is 108 cm³/mol. The fourth-order valence-corrected chi connectivity index (χ4v) is 5.50. The molecule has 156 valence electrons. The van der Waals surface area contributed by atoms with Gasteiger partial charge in [-0.2, -0.15) is 0 Å². The molecule has 1 aromatic rings. The number of esters is 1.